The fourth-order valence-electron chi connectivity index (χ4n) is 3.74. The molecule has 0 saturated heterocycles. The second kappa shape index (κ2) is 14.9. The Kier molecular flexibility index (Phi) is 13.4. The van der Waals surface area contributed by atoms with Gasteiger partial charge in [-0.15, -0.1) is 0 Å². The quantitative estimate of drug-likeness (QED) is 0.241. The summed E-state index contributed by atoms with van der Waals surface area (Å²) in [6.07, 6.45) is 1.44. The molecule has 0 aliphatic rings. The Morgan fingerprint density at radius 1 is 0.938 bits per heavy atom. The largest absolute Gasteiger partial charge is 0.503 e. The standard InChI is InChI=1S/C24H45NO5Si2/c1-8-22(7)29-32(27-9-2,28-10-3)21-17-20-25(23-18-15-14-16-19-23)24(26)30-31(11-4,12-5)13-6/h14-16,18-19,22H,8-13,17,20-21H2,1-7H3. The topological polar surface area (TPSA) is 57.2 Å². The lowest BCUT2D eigenvalue weighted by Crippen LogP contribution is -2.49. The Hall–Kier alpha value is -1.20. The molecular weight excluding hydrogens is 438 g/mol. The van der Waals surface area contributed by atoms with Gasteiger partial charge in [0.1, 0.15) is 0 Å². The second-order valence-electron chi connectivity index (χ2n) is 8.09. The van der Waals surface area contributed by atoms with Crippen molar-refractivity contribution in [3.63, 3.8) is 0 Å². The maximum Gasteiger partial charge on any atom is 0.501 e. The number of para-hydroxylation sites is 1. The van der Waals surface area contributed by atoms with Gasteiger partial charge in [-0.3, -0.25) is 4.90 Å². The van der Waals surface area contributed by atoms with Crippen LogP contribution in [0.5, 0.6) is 0 Å². The molecule has 0 aliphatic heterocycles. The van der Waals surface area contributed by atoms with Crippen LogP contribution in [0.25, 0.3) is 0 Å². The lowest BCUT2D eigenvalue weighted by Gasteiger charge is -2.33. The number of rotatable bonds is 16. The highest BCUT2D eigenvalue weighted by molar-refractivity contribution is 6.75. The molecular formula is C24H45NO5Si2. The zero-order valence-corrected chi connectivity index (χ0v) is 23.3. The van der Waals surface area contributed by atoms with Crippen LogP contribution in [0.1, 0.15) is 61.3 Å². The molecule has 1 aromatic carbocycles. The third-order valence-electron chi connectivity index (χ3n) is 6.07. The molecule has 184 valence electrons. The predicted molar refractivity (Wildman–Crippen MR) is 137 cm³/mol. The van der Waals surface area contributed by atoms with Crippen molar-refractivity contribution in [1.82, 2.24) is 0 Å². The van der Waals surface area contributed by atoms with Gasteiger partial charge in [0, 0.05) is 37.6 Å². The van der Waals surface area contributed by atoms with Crippen molar-refractivity contribution in [2.45, 2.75) is 91.6 Å². The Bertz CT molecular complexity index is 628. The van der Waals surface area contributed by atoms with Gasteiger partial charge in [0.25, 0.3) is 8.32 Å². The third-order valence-corrected chi connectivity index (χ3v) is 13.7. The highest BCUT2D eigenvalue weighted by Gasteiger charge is 2.42. The lowest BCUT2D eigenvalue weighted by atomic mass is 10.3. The predicted octanol–water partition coefficient (Wildman–Crippen LogP) is 6.85. The average Bonchev–Trinajstić information content (AvgIpc) is 2.81. The van der Waals surface area contributed by atoms with Crippen molar-refractivity contribution < 1.29 is 22.5 Å². The Balaban J connectivity index is 3.03. The minimum absolute atomic E-state index is 0.0697. The summed E-state index contributed by atoms with van der Waals surface area (Å²) in [4.78, 5) is 15.1. The number of carbonyl (C=O) groups excluding carboxylic acids is 1. The van der Waals surface area contributed by atoms with E-state index < -0.39 is 17.1 Å². The molecule has 1 unspecified atom stereocenters. The van der Waals surface area contributed by atoms with E-state index in [9.17, 15) is 4.79 Å². The van der Waals surface area contributed by atoms with Crippen molar-refractivity contribution in [2.75, 3.05) is 24.7 Å². The SMILES string of the molecule is CCO[Si](CCCN(C(=O)O[Si](CC)(CC)CC)c1ccccc1)(OCC)OC(C)CC. The van der Waals surface area contributed by atoms with Gasteiger partial charge in [-0.2, -0.15) is 0 Å². The summed E-state index contributed by atoms with van der Waals surface area (Å²) in [7, 11) is -4.88. The maximum atomic E-state index is 13.3. The van der Waals surface area contributed by atoms with Crippen LogP contribution in [0.3, 0.4) is 0 Å². The van der Waals surface area contributed by atoms with Crippen LogP contribution in [-0.2, 0) is 17.7 Å². The van der Waals surface area contributed by atoms with Gasteiger partial charge in [-0.05, 0) is 63.9 Å². The summed E-state index contributed by atoms with van der Waals surface area (Å²) < 4.78 is 24.7. The minimum atomic E-state index is -2.82. The monoisotopic (exact) mass is 483 g/mol. The first-order valence-corrected chi connectivity index (χ1v) is 16.8. The molecule has 1 atom stereocenters. The lowest BCUT2D eigenvalue weighted by molar-refractivity contribution is 0.0369. The molecule has 1 amide bonds. The van der Waals surface area contributed by atoms with E-state index in [1.165, 1.54) is 0 Å². The maximum absolute atomic E-state index is 13.3. The fourth-order valence-corrected chi connectivity index (χ4v) is 9.03. The van der Waals surface area contributed by atoms with Crippen LogP contribution in [-0.4, -0.2) is 49.1 Å². The highest BCUT2D eigenvalue weighted by Crippen LogP contribution is 2.26. The van der Waals surface area contributed by atoms with Gasteiger partial charge >= 0.3 is 14.9 Å². The summed E-state index contributed by atoms with van der Waals surface area (Å²) in [5.41, 5.74) is 0.853. The molecule has 32 heavy (non-hydrogen) atoms. The molecule has 0 saturated carbocycles. The molecule has 0 heterocycles. The molecule has 0 N–H and O–H groups in total. The summed E-state index contributed by atoms with van der Waals surface area (Å²) in [6, 6.07) is 13.2. The number of anilines is 1. The van der Waals surface area contributed by atoms with Crippen LogP contribution in [0, 0.1) is 0 Å². The summed E-state index contributed by atoms with van der Waals surface area (Å²) >= 11 is 0. The highest BCUT2D eigenvalue weighted by atomic mass is 28.4. The zero-order chi connectivity index (χ0) is 24.0. The van der Waals surface area contributed by atoms with E-state index in [1.54, 1.807) is 4.90 Å². The molecule has 6 nitrogen and oxygen atoms in total. The molecule has 0 aliphatic carbocycles. The van der Waals surface area contributed by atoms with Crippen LogP contribution in [0.4, 0.5) is 10.5 Å². The van der Waals surface area contributed by atoms with E-state index in [1.807, 2.05) is 44.2 Å². The van der Waals surface area contributed by atoms with E-state index in [4.69, 9.17) is 17.7 Å². The first-order valence-electron chi connectivity index (χ1n) is 12.4. The third kappa shape index (κ3) is 8.63. The number of carbonyl (C=O) groups is 1. The van der Waals surface area contributed by atoms with Crippen LogP contribution < -0.4 is 4.90 Å². The number of nitrogens with zero attached hydrogens (tertiary/aromatic N) is 1. The minimum Gasteiger partial charge on any atom is -0.503 e. The van der Waals surface area contributed by atoms with Gasteiger partial charge in [0.2, 0.25) is 0 Å². The fraction of sp³-hybridized carbons (Fsp3) is 0.708. The Morgan fingerprint density at radius 2 is 1.50 bits per heavy atom. The molecule has 0 radical (unpaired) electrons. The number of hydrogen-bond donors (Lipinski definition) is 0. The van der Waals surface area contributed by atoms with E-state index in [2.05, 4.69) is 34.6 Å². The molecule has 8 heteroatoms. The van der Waals surface area contributed by atoms with E-state index in [-0.39, 0.29) is 12.2 Å². The second-order valence-corrected chi connectivity index (χ2v) is 15.5. The molecule has 0 fully saturated rings. The first kappa shape index (κ1) is 28.8. The smallest absolute Gasteiger partial charge is 0.501 e. The van der Waals surface area contributed by atoms with Crippen LogP contribution in [0.15, 0.2) is 30.3 Å². The van der Waals surface area contributed by atoms with E-state index >= 15 is 0 Å². The first-order chi connectivity index (χ1) is 15.3. The Morgan fingerprint density at radius 3 is 1.97 bits per heavy atom. The number of benzene rings is 1. The van der Waals surface area contributed by atoms with Crippen molar-refractivity contribution in [3.05, 3.63) is 30.3 Å². The molecule has 0 aromatic heterocycles. The van der Waals surface area contributed by atoms with Crippen molar-refractivity contribution in [3.8, 4) is 0 Å². The molecule has 1 aromatic rings. The van der Waals surface area contributed by atoms with Crippen molar-refractivity contribution in [1.29, 1.82) is 0 Å². The Labute approximate surface area is 198 Å². The number of hydrogen-bond acceptors (Lipinski definition) is 5. The molecule has 0 bridgehead atoms. The number of amides is 1. The van der Waals surface area contributed by atoms with E-state index in [0.717, 1.165) is 30.2 Å². The van der Waals surface area contributed by atoms with Crippen LogP contribution >= 0.6 is 0 Å². The zero-order valence-electron chi connectivity index (χ0n) is 21.3. The molecule has 1 rings (SSSR count). The van der Waals surface area contributed by atoms with Crippen LogP contribution in [0.2, 0.25) is 24.2 Å². The normalized spacial score (nSPS) is 13.1. The van der Waals surface area contributed by atoms with Gasteiger partial charge in [0.05, 0.1) is 0 Å². The van der Waals surface area contributed by atoms with Gasteiger partial charge in [-0.1, -0.05) is 45.9 Å². The summed E-state index contributed by atoms with van der Waals surface area (Å²) in [6.45, 7) is 16.1. The summed E-state index contributed by atoms with van der Waals surface area (Å²) in [5.74, 6) is 0. The molecule has 0 spiro atoms. The van der Waals surface area contributed by atoms with Crippen molar-refractivity contribution in [2.24, 2.45) is 0 Å². The van der Waals surface area contributed by atoms with E-state index in [0.29, 0.717) is 32.2 Å². The van der Waals surface area contributed by atoms with Gasteiger partial charge < -0.3 is 17.7 Å². The van der Waals surface area contributed by atoms with Gasteiger partial charge in [0.15, 0.2) is 0 Å². The summed E-state index contributed by atoms with van der Waals surface area (Å²) in [5, 5.41) is 0. The average molecular weight is 484 g/mol. The van der Waals surface area contributed by atoms with Crippen molar-refractivity contribution >= 4 is 28.9 Å². The van der Waals surface area contributed by atoms with Gasteiger partial charge in [-0.25, -0.2) is 4.79 Å².